The average molecular weight is 211 g/mol. The van der Waals surface area contributed by atoms with E-state index in [-0.39, 0.29) is 23.2 Å². The molecule has 0 aromatic rings. The smallest absolute Gasteiger partial charge is 0.309 e. The minimum absolute atomic E-state index is 0.0579. The topological polar surface area (TPSA) is 58.9 Å². The lowest BCUT2D eigenvalue weighted by atomic mass is 10.1. The normalized spacial score (nSPS) is 29.2. The second-order valence-corrected chi connectivity index (χ2v) is 4.50. The highest BCUT2D eigenvalue weighted by molar-refractivity contribution is 5.80. The van der Waals surface area contributed by atoms with Crippen molar-refractivity contribution in [3.8, 4) is 0 Å². The average Bonchev–Trinajstić information content (AvgIpc) is 2.67. The molecule has 0 heterocycles. The minimum atomic E-state index is -0.171. The maximum Gasteiger partial charge on any atom is 0.309 e. The fourth-order valence-electron chi connectivity index (χ4n) is 1.98. The first-order valence-corrected chi connectivity index (χ1v) is 4.88. The molecule has 1 aliphatic rings. The summed E-state index contributed by atoms with van der Waals surface area (Å²) in [7, 11) is 1.40. The van der Waals surface area contributed by atoms with E-state index in [2.05, 4.69) is 5.16 Å². The summed E-state index contributed by atoms with van der Waals surface area (Å²) in [6.07, 6.45) is 3.31. The number of allylic oxidation sites excluding steroid dienone is 2. The van der Waals surface area contributed by atoms with Crippen molar-refractivity contribution in [3.05, 3.63) is 11.6 Å². The van der Waals surface area contributed by atoms with Gasteiger partial charge in [0.15, 0.2) is 0 Å². The van der Waals surface area contributed by atoms with Crippen molar-refractivity contribution < 1.29 is 14.7 Å². The molecule has 1 saturated carbocycles. The first-order valence-electron chi connectivity index (χ1n) is 4.88. The number of nitrogens with zero attached hydrogens (tertiary/aromatic N) is 1. The van der Waals surface area contributed by atoms with Gasteiger partial charge >= 0.3 is 5.97 Å². The van der Waals surface area contributed by atoms with E-state index in [1.54, 1.807) is 0 Å². The molecule has 1 fully saturated rings. The standard InChI is InChI=1S/C11H17NO3/c1-7(6-12-14)5-8-9(10(13)15-4)11(8,2)3/h5-6,8-9,14H,1-4H3/b7-5+,12-6?/t8-,9+/m1/s1. The molecule has 0 aromatic heterocycles. The van der Waals surface area contributed by atoms with E-state index in [4.69, 9.17) is 9.94 Å². The number of oxime groups is 1. The maximum absolute atomic E-state index is 11.4. The van der Waals surface area contributed by atoms with Crippen molar-refractivity contribution in [3.63, 3.8) is 0 Å². The van der Waals surface area contributed by atoms with Gasteiger partial charge in [-0.2, -0.15) is 0 Å². The molecule has 0 amide bonds. The highest BCUT2D eigenvalue weighted by Gasteiger charge is 2.61. The van der Waals surface area contributed by atoms with Crippen molar-refractivity contribution in [2.75, 3.05) is 7.11 Å². The van der Waals surface area contributed by atoms with E-state index in [1.165, 1.54) is 13.3 Å². The van der Waals surface area contributed by atoms with E-state index in [9.17, 15) is 4.79 Å². The predicted octanol–water partition coefficient (Wildman–Crippen LogP) is 1.84. The van der Waals surface area contributed by atoms with Crippen LogP contribution in [0.5, 0.6) is 0 Å². The lowest BCUT2D eigenvalue weighted by molar-refractivity contribution is -0.143. The molecule has 0 saturated heterocycles. The van der Waals surface area contributed by atoms with Gasteiger partial charge in [0.25, 0.3) is 0 Å². The van der Waals surface area contributed by atoms with Crippen molar-refractivity contribution in [1.82, 2.24) is 0 Å². The molecule has 0 aliphatic heterocycles. The third-order valence-corrected chi connectivity index (χ3v) is 3.07. The monoisotopic (exact) mass is 211 g/mol. The molecule has 15 heavy (non-hydrogen) atoms. The summed E-state index contributed by atoms with van der Waals surface area (Å²) >= 11 is 0. The van der Waals surface area contributed by atoms with Crippen LogP contribution in [0, 0.1) is 17.3 Å². The Kier molecular flexibility index (Phi) is 3.17. The Morgan fingerprint density at radius 1 is 1.53 bits per heavy atom. The Hall–Kier alpha value is -1.32. The molecule has 1 aliphatic carbocycles. The number of hydrogen-bond acceptors (Lipinski definition) is 4. The molecule has 4 nitrogen and oxygen atoms in total. The van der Waals surface area contributed by atoms with Gasteiger partial charge in [0.2, 0.25) is 0 Å². The summed E-state index contributed by atoms with van der Waals surface area (Å²) in [6, 6.07) is 0. The molecule has 84 valence electrons. The summed E-state index contributed by atoms with van der Waals surface area (Å²) < 4.78 is 4.73. The second-order valence-electron chi connectivity index (χ2n) is 4.50. The van der Waals surface area contributed by atoms with Crippen LogP contribution in [-0.2, 0) is 9.53 Å². The Balaban J connectivity index is 2.75. The first kappa shape index (κ1) is 11.8. The molecule has 2 atom stereocenters. The predicted molar refractivity (Wildman–Crippen MR) is 56.8 cm³/mol. The van der Waals surface area contributed by atoms with E-state index in [0.717, 1.165) is 5.57 Å². The zero-order valence-corrected chi connectivity index (χ0v) is 9.52. The third-order valence-electron chi connectivity index (χ3n) is 3.07. The number of rotatable bonds is 3. The van der Waals surface area contributed by atoms with Crippen LogP contribution in [-0.4, -0.2) is 24.5 Å². The number of carbonyl (C=O) groups excluding carboxylic acids is 1. The number of carbonyl (C=O) groups is 1. The Morgan fingerprint density at radius 2 is 2.13 bits per heavy atom. The summed E-state index contributed by atoms with van der Waals surface area (Å²) in [6.45, 7) is 5.89. The number of methoxy groups -OCH3 is 1. The quantitative estimate of drug-likeness (QED) is 0.335. The number of ether oxygens (including phenoxy) is 1. The van der Waals surface area contributed by atoms with E-state index in [0.29, 0.717) is 0 Å². The molecular formula is C11H17NO3. The van der Waals surface area contributed by atoms with Crippen molar-refractivity contribution in [1.29, 1.82) is 0 Å². The van der Waals surface area contributed by atoms with E-state index < -0.39 is 0 Å². The van der Waals surface area contributed by atoms with Gasteiger partial charge in [-0.1, -0.05) is 25.1 Å². The molecule has 4 heteroatoms. The largest absolute Gasteiger partial charge is 0.469 e. The van der Waals surface area contributed by atoms with Gasteiger partial charge in [0.05, 0.1) is 19.2 Å². The van der Waals surface area contributed by atoms with Crippen LogP contribution >= 0.6 is 0 Å². The molecule has 0 aromatic carbocycles. The highest BCUT2D eigenvalue weighted by atomic mass is 16.5. The van der Waals surface area contributed by atoms with Gasteiger partial charge in [0.1, 0.15) is 0 Å². The van der Waals surface area contributed by atoms with Crippen molar-refractivity contribution in [2.45, 2.75) is 20.8 Å². The Morgan fingerprint density at radius 3 is 2.60 bits per heavy atom. The van der Waals surface area contributed by atoms with Crippen LogP contribution in [0.2, 0.25) is 0 Å². The van der Waals surface area contributed by atoms with Crippen molar-refractivity contribution in [2.24, 2.45) is 22.4 Å². The molecule has 1 rings (SSSR count). The molecule has 0 spiro atoms. The Bertz CT molecular complexity index is 318. The summed E-state index contributed by atoms with van der Waals surface area (Å²) in [5.74, 6) is -0.0810. The van der Waals surface area contributed by atoms with Crippen LogP contribution in [0.1, 0.15) is 20.8 Å². The molecule has 0 unspecified atom stereocenters. The van der Waals surface area contributed by atoms with Gasteiger partial charge in [-0.15, -0.1) is 0 Å². The zero-order chi connectivity index (χ0) is 11.6. The SMILES string of the molecule is COC(=O)[C@@H]1[C@@H](/C=C(\C)C=NO)C1(C)C. The first-order chi connectivity index (χ1) is 6.95. The maximum atomic E-state index is 11.4. The molecule has 0 radical (unpaired) electrons. The molecule has 0 bridgehead atoms. The highest BCUT2D eigenvalue weighted by Crippen LogP contribution is 2.59. The van der Waals surface area contributed by atoms with Crippen LogP contribution < -0.4 is 0 Å². The van der Waals surface area contributed by atoms with E-state index in [1.807, 2.05) is 26.8 Å². The van der Waals surface area contributed by atoms with Gasteiger partial charge in [0, 0.05) is 0 Å². The van der Waals surface area contributed by atoms with Gasteiger partial charge in [-0.05, 0) is 23.8 Å². The fourth-order valence-corrected chi connectivity index (χ4v) is 1.98. The third kappa shape index (κ3) is 2.19. The summed E-state index contributed by atoms with van der Waals surface area (Å²) in [5, 5.41) is 11.3. The number of esters is 1. The van der Waals surface area contributed by atoms with Gasteiger partial charge < -0.3 is 9.94 Å². The minimum Gasteiger partial charge on any atom is -0.469 e. The van der Waals surface area contributed by atoms with Crippen molar-refractivity contribution >= 4 is 12.2 Å². The Labute approximate surface area is 89.6 Å². The van der Waals surface area contributed by atoms with E-state index >= 15 is 0 Å². The van der Waals surface area contributed by atoms with Gasteiger partial charge in [-0.25, -0.2) is 0 Å². The summed E-state index contributed by atoms with van der Waals surface area (Å²) in [4.78, 5) is 11.4. The molecular weight excluding hydrogens is 194 g/mol. The zero-order valence-electron chi connectivity index (χ0n) is 9.52. The fraction of sp³-hybridized carbons (Fsp3) is 0.636. The molecule has 1 N–H and O–H groups in total. The van der Waals surface area contributed by atoms with Crippen LogP contribution in [0.15, 0.2) is 16.8 Å². The number of hydrogen-bond donors (Lipinski definition) is 1. The van der Waals surface area contributed by atoms with Crippen LogP contribution in [0.4, 0.5) is 0 Å². The lowest BCUT2D eigenvalue weighted by Gasteiger charge is -1.99. The van der Waals surface area contributed by atoms with Gasteiger partial charge in [-0.3, -0.25) is 4.79 Å². The second kappa shape index (κ2) is 4.04. The van der Waals surface area contributed by atoms with Crippen LogP contribution in [0.3, 0.4) is 0 Å². The summed E-state index contributed by atoms with van der Waals surface area (Å²) in [5.41, 5.74) is 0.791. The van der Waals surface area contributed by atoms with Crippen LogP contribution in [0.25, 0.3) is 0 Å². The lowest BCUT2D eigenvalue weighted by Crippen LogP contribution is -2.07.